The molecule has 1 amide bonds. The van der Waals surface area contributed by atoms with E-state index in [4.69, 9.17) is 0 Å². The van der Waals surface area contributed by atoms with Gasteiger partial charge in [0.15, 0.2) is 0 Å². The number of halogens is 1. The van der Waals surface area contributed by atoms with Crippen molar-refractivity contribution in [3.63, 3.8) is 0 Å². The fourth-order valence-corrected chi connectivity index (χ4v) is 4.15. The van der Waals surface area contributed by atoms with Gasteiger partial charge in [0.25, 0.3) is 11.5 Å². The molecular formula is C24H21FN6O3. The number of benzene rings is 2. The number of para-hydroxylation sites is 1. The van der Waals surface area contributed by atoms with Crippen molar-refractivity contribution in [2.24, 2.45) is 0 Å². The van der Waals surface area contributed by atoms with E-state index in [-0.39, 0.29) is 18.0 Å². The van der Waals surface area contributed by atoms with E-state index < -0.39 is 17.1 Å². The third-order valence-electron chi connectivity index (χ3n) is 5.93. The molecule has 0 spiro atoms. The van der Waals surface area contributed by atoms with Crippen LogP contribution in [0.25, 0.3) is 10.9 Å². The number of rotatable bonds is 4. The zero-order valence-electron chi connectivity index (χ0n) is 18.1. The minimum atomic E-state index is -0.640. The number of aromatic nitrogens is 4. The van der Waals surface area contributed by atoms with E-state index >= 15 is 0 Å². The highest BCUT2D eigenvalue weighted by Crippen LogP contribution is 2.17. The summed E-state index contributed by atoms with van der Waals surface area (Å²) in [5, 5.41) is 0.329. The summed E-state index contributed by atoms with van der Waals surface area (Å²) < 4.78 is 16.0. The third kappa shape index (κ3) is 4.05. The highest BCUT2D eigenvalue weighted by Gasteiger charge is 2.24. The molecule has 2 aromatic heterocycles. The van der Waals surface area contributed by atoms with E-state index in [9.17, 15) is 18.8 Å². The number of carbonyl (C=O) groups is 1. The average molecular weight is 460 g/mol. The number of anilines is 1. The largest absolute Gasteiger partial charge is 0.337 e. The molecule has 0 bridgehead atoms. The van der Waals surface area contributed by atoms with Crippen LogP contribution in [0.1, 0.15) is 15.9 Å². The van der Waals surface area contributed by atoms with Crippen molar-refractivity contribution >= 4 is 22.8 Å². The Hall–Kier alpha value is -4.34. The average Bonchev–Trinajstić information content (AvgIpc) is 2.88. The predicted octanol–water partition coefficient (Wildman–Crippen LogP) is 1.63. The summed E-state index contributed by atoms with van der Waals surface area (Å²) in [5.74, 6) is -0.129. The number of aromatic amines is 1. The van der Waals surface area contributed by atoms with Crippen molar-refractivity contribution in [3.05, 3.63) is 98.7 Å². The smallest absolute Gasteiger partial charge is 0.329 e. The minimum Gasteiger partial charge on any atom is -0.337 e. The fraction of sp³-hybridized carbons (Fsp3) is 0.208. The van der Waals surface area contributed by atoms with Crippen LogP contribution in [0.4, 0.5) is 10.3 Å². The molecule has 0 unspecified atom stereocenters. The summed E-state index contributed by atoms with van der Waals surface area (Å²) in [5.41, 5.74) is -0.226. The van der Waals surface area contributed by atoms with E-state index in [0.29, 0.717) is 48.6 Å². The van der Waals surface area contributed by atoms with Gasteiger partial charge in [-0.15, -0.1) is 0 Å². The number of nitrogens with zero attached hydrogens (tertiary/aromatic N) is 5. The Bertz CT molecular complexity index is 1480. The molecule has 5 rings (SSSR count). The van der Waals surface area contributed by atoms with E-state index in [1.807, 2.05) is 4.90 Å². The Balaban J connectivity index is 1.38. The van der Waals surface area contributed by atoms with Gasteiger partial charge in [0.05, 0.1) is 17.4 Å². The third-order valence-corrected chi connectivity index (χ3v) is 5.93. The molecule has 0 saturated carbocycles. The lowest BCUT2D eigenvalue weighted by molar-refractivity contribution is 0.0746. The second-order valence-corrected chi connectivity index (χ2v) is 8.00. The number of carbonyl (C=O) groups excluding carboxylic acids is 1. The molecule has 9 nitrogen and oxygen atoms in total. The van der Waals surface area contributed by atoms with Gasteiger partial charge in [-0.3, -0.25) is 19.1 Å². The van der Waals surface area contributed by atoms with Gasteiger partial charge in [0, 0.05) is 49.7 Å². The molecule has 0 aliphatic carbocycles. The first-order valence-electron chi connectivity index (χ1n) is 10.8. The molecule has 1 fully saturated rings. The maximum absolute atomic E-state index is 14.7. The first-order valence-corrected chi connectivity index (χ1v) is 10.8. The monoisotopic (exact) mass is 460 g/mol. The van der Waals surface area contributed by atoms with Crippen molar-refractivity contribution in [1.82, 2.24) is 24.4 Å². The standard InChI is InChI=1S/C24H21FN6O3/c25-19-7-6-16(22(33)29-10-12-30(13-11-29)23-26-8-3-9-27-23)14-17(19)15-31-20-5-2-1-4-18(20)21(32)28-24(31)34/h1-9,14H,10-13,15H2,(H,28,32,34). The second-order valence-electron chi connectivity index (χ2n) is 8.00. The van der Waals surface area contributed by atoms with Crippen LogP contribution in [0, 0.1) is 5.82 Å². The van der Waals surface area contributed by atoms with Crippen molar-refractivity contribution in [3.8, 4) is 0 Å². The SMILES string of the molecule is O=C(c1ccc(F)c(Cn2c(=O)[nH]c(=O)c3ccccc32)c1)N1CCN(c2ncccn2)CC1. The summed E-state index contributed by atoms with van der Waals surface area (Å²) in [6.07, 6.45) is 3.35. The molecule has 10 heteroatoms. The quantitative estimate of drug-likeness (QED) is 0.497. The van der Waals surface area contributed by atoms with Crippen molar-refractivity contribution in [2.45, 2.75) is 6.54 Å². The van der Waals surface area contributed by atoms with Crippen LogP contribution in [-0.2, 0) is 6.54 Å². The van der Waals surface area contributed by atoms with Gasteiger partial charge in [-0.1, -0.05) is 12.1 Å². The zero-order chi connectivity index (χ0) is 23.7. The number of H-pyrrole nitrogens is 1. The van der Waals surface area contributed by atoms with Crippen LogP contribution in [0.3, 0.4) is 0 Å². The molecule has 1 aliphatic rings. The molecule has 1 N–H and O–H groups in total. The van der Waals surface area contributed by atoms with Gasteiger partial charge in [0.2, 0.25) is 5.95 Å². The van der Waals surface area contributed by atoms with Crippen molar-refractivity contribution in [2.75, 3.05) is 31.1 Å². The maximum atomic E-state index is 14.7. The Morgan fingerprint density at radius 1 is 0.971 bits per heavy atom. The molecule has 0 radical (unpaired) electrons. The van der Waals surface area contributed by atoms with Gasteiger partial charge in [0.1, 0.15) is 5.82 Å². The normalized spacial score (nSPS) is 13.9. The second kappa shape index (κ2) is 8.89. The molecule has 3 heterocycles. The fourth-order valence-electron chi connectivity index (χ4n) is 4.15. The number of hydrogen-bond donors (Lipinski definition) is 1. The van der Waals surface area contributed by atoms with Gasteiger partial charge in [-0.2, -0.15) is 0 Å². The summed E-state index contributed by atoms with van der Waals surface area (Å²) in [6, 6.07) is 12.5. The lowest BCUT2D eigenvalue weighted by Crippen LogP contribution is -2.49. The van der Waals surface area contributed by atoms with Gasteiger partial charge >= 0.3 is 5.69 Å². The molecular weight excluding hydrogens is 439 g/mol. The summed E-state index contributed by atoms with van der Waals surface area (Å²) in [7, 11) is 0. The summed E-state index contributed by atoms with van der Waals surface area (Å²) >= 11 is 0. The van der Waals surface area contributed by atoms with Crippen LogP contribution in [-0.4, -0.2) is 56.5 Å². The Labute approximate surface area is 193 Å². The zero-order valence-corrected chi connectivity index (χ0v) is 18.1. The maximum Gasteiger partial charge on any atom is 0.329 e. The van der Waals surface area contributed by atoms with Crippen LogP contribution in [0.2, 0.25) is 0 Å². The van der Waals surface area contributed by atoms with Crippen LogP contribution < -0.4 is 16.1 Å². The molecule has 1 saturated heterocycles. The number of hydrogen-bond acceptors (Lipinski definition) is 6. The molecule has 34 heavy (non-hydrogen) atoms. The van der Waals surface area contributed by atoms with E-state index in [1.54, 1.807) is 47.6 Å². The van der Waals surface area contributed by atoms with E-state index in [1.165, 1.54) is 22.8 Å². The van der Waals surface area contributed by atoms with Gasteiger partial charge in [-0.25, -0.2) is 19.2 Å². The van der Waals surface area contributed by atoms with Gasteiger partial charge in [-0.05, 0) is 36.4 Å². The number of amides is 1. The van der Waals surface area contributed by atoms with Crippen LogP contribution >= 0.6 is 0 Å². The predicted molar refractivity (Wildman–Crippen MR) is 124 cm³/mol. The highest BCUT2D eigenvalue weighted by molar-refractivity contribution is 5.94. The van der Waals surface area contributed by atoms with Crippen molar-refractivity contribution in [1.29, 1.82) is 0 Å². The Morgan fingerprint density at radius 2 is 1.71 bits per heavy atom. The Morgan fingerprint density at radius 3 is 2.47 bits per heavy atom. The van der Waals surface area contributed by atoms with Gasteiger partial charge < -0.3 is 9.80 Å². The molecule has 172 valence electrons. The van der Waals surface area contributed by atoms with Crippen LogP contribution in [0.15, 0.2) is 70.5 Å². The minimum absolute atomic E-state index is 0.123. The van der Waals surface area contributed by atoms with Crippen molar-refractivity contribution < 1.29 is 9.18 Å². The first-order chi connectivity index (χ1) is 16.5. The lowest BCUT2D eigenvalue weighted by Gasteiger charge is -2.34. The molecule has 0 atom stereocenters. The van der Waals surface area contributed by atoms with Crippen LogP contribution in [0.5, 0.6) is 0 Å². The number of piperazine rings is 1. The highest BCUT2D eigenvalue weighted by atomic mass is 19.1. The Kier molecular flexibility index (Phi) is 5.62. The lowest BCUT2D eigenvalue weighted by atomic mass is 10.1. The topological polar surface area (TPSA) is 104 Å². The number of fused-ring (bicyclic) bond motifs is 1. The summed E-state index contributed by atoms with van der Waals surface area (Å²) in [4.78, 5) is 52.2. The number of nitrogens with one attached hydrogen (secondary N) is 1. The summed E-state index contributed by atoms with van der Waals surface area (Å²) in [6.45, 7) is 2.01. The molecule has 4 aromatic rings. The molecule has 2 aromatic carbocycles. The van der Waals surface area contributed by atoms with E-state index in [2.05, 4.69) is 15.0 Å². The first kappa shape index (κ1) is 21.5. The van der Waals surface area contributed by atoms with E-state index in [0.717, 1.165) is 0 Å². The molecule has 1 aliphatic heterocycles.